The van der Waals surface area contributed by atoms with Crippen LogP contribution in [0.1, 0.15) is 11.1 Å². The second kappa shape index (κ2) is 5.37. The normalized spacial score (nSPS) is 17.7. The van der Waals surface area contributed by atoms with E-state index in [1.165, 1.54) is 5.56 Å². The number of hydrogen-bond donors (Lipinski definition) is 0. The Kier molecular flexibility index (Phi) is 4.09. The van der Waals surface area contributed by atoms with E-state index in [0.717, 1.165) is 48.5 Å². The summed E-state index contributed by atoms with van der Waals surface area (Å²) >= 11 is 12.2. The molecule has 0 amide bonds. The highest BCUT2D eigenvalue weighted by Gasteiger charge is 2.12. The Morgan fingerprint density at radius 1 is 1.19 bits per heavy atom. The van der Waals surface area contributed by atoms with Gasteiger partial charge in [0.2, 0.25) is 0 Å². The van der Waals surface area contributed by atoms with Gasteiger partial charge in [-0.05, 0) is 30.2 Å². The minimum Gasteiger partial charge on any atom is -0.379 e. The molecule has 1 heterocycles. The van der Waals surface area contributed by atoms with E-state index < -0.39 is 0 Å². The predicted molar refractivity (Wildman–Crippen MR) is 67.3 cm³/mol. The molecule has 16 heavy (non-hydrogen) atoms. The number of benzene rings is 1. The van der Waals surface area contributed by atoms with Gasteiger partial charge in [0.25, 0.3) is 0 Å². The first-order valence-electron chi connectivity index (χ1n) is 5.41. The molecule has 0 saturated carbocycles. The number of hydrogen-bond acceptors (Lipinski definition) is 2. The van der Waals surface area contributed by atoms with Crippen LogP contribution in [0, 0.1) is 6.92 Å². The lowest BCUT2D eigenvalue weighted by Gasteiger charge is -2.26. The van der Waals surface area contributed by atoms with Crippen LogP contribution in [0.25, 0.3) is 0 Å². The quantitative estimate of drug-likeness (QED) is 0.810. The Balaban J connectivity index is 2.09. The summed E-state index contributed by atoms with van der Waals surface area (Å²) in [5, 5.41) is 1.49. The topological polar surface area (TPSA) is 12.5 Å². The average molecular weight is 260 g/mol. The molecule has 1 aromatic rings. The Bertz CT molecular complexity index is 352. The fourth-order valence-electron chi connectivity index (χ4n) is 1.81. The van der Waals surface area contributed by atoms with Gasteiger partial charge in [0.15, 0.2) is 0 Å². The minimum absolute atomic E-state index is 0.746. The van der Waals surface area contributed by atoms with E-state index in [1.807, 2.05) is 19.1 Å². The second-order valence-corrected chi connectivity index (χ2v) is 4.89. The fraction of sp³-hybridized carbons (Fsp3) is 0.500. The minimum atomic E-state index is 0.746. The average Bonchev–Trinajstić information content (AvgIpc) is 2.27. The van der Waals surface area contributed by atoms with Crippen LogP contribution < -0.4 is 0 Å². The zero-order valence-electron chi connectivity index (χ0n) is 9.30. The van der Waals surface area contributed by atoms with Crippen LogP contribution in [0.15, 0.2) is 12.1 Å². The van der Waals surface area contributed by atoms with Crippen molar-refractivity contribution in [2.75, 3.05) is 26.3 Å². The monoisotopic (exact) mass is 259 g/mol. The van der Waals surface area contributed by atoms with Crippen molar-refractivity contribution < 1.29 is 4.74 Å². The van der Waals surface area contributed by atoms with Gasteiger partial charge in [0, 0.05) is 29.7 Å². The lowest BCUT2D eigenvalue weighted by molar-refractivity contribution is 0.0342. The highest BCUT2D eigenvalue weighted by Crippen LogP contribution is 2.26. The summed E-state index contributed by atoms with van der Waals surface area (Å²) in [4.78, 5) is 2.35. The zero-order valence-corrected chi connectivity index (χ0v) is 10.8. The van der Waals surface area contributed by atoms with E-state index in [4.69, 9.17) is 27.9 Å². The first kappa shape index (κ1) is 12.2. The van der Waals surface area contributed by atoms with Crippen molar-refractivity contribution in [2.24, 2.45) is 0 Å². The predicted octanol–water partition coefficient (Wildman–Crippen LogP) is 3.13. The van der Waals surface area contributed by atoms with Gasteiger partial charge in [0.1, 0.15) is 0 Å². The third kappa shape index (κ3) is 2.89. The van der Waals surface area contributed by atoms with Gasteiger partial charge in [-0.15, -0.1) is 0 Å². The SMILES string of the molecule is Cc1c(Cl)cc(CN2CCOCC2)cc1Cl. The van der Waals surface area contributed by atoms with Crippen LogP contribution in [-0.2, 0) is 11.3 Å². The number of rotatable bonds is 2. The van der Waals surface area contributed by atoms with Crippen LogP contribution in [0.3, 0.4) is 0 Å². The van der Waals surface area contributed by atoms with Crippen LogP contribution >= 0.6 is 23.2 Å². The van der Waals surface area contributed by atoms with Crippen molar-refractivity contribution in [1.29, 1.82) is 0 Å². The number of ether oxygens (including phenoxy) is 1. The Hall–Kier alpha value is -0.280. The molecule has 2 nitrogen and oxygen atoms in total. The highest BCUT2D eigenvalue weighted by molar-refractivity contribution is 6.36. The molecule has 2 rings (SSSR count). The van der Waals surface area contributed by atoms with Crippen molar-refractivity contribution >= 4 is 23.2 Å². The van der Waals surface area contributed by atoms with Gasteiger partial charge in [0.05, 0.1) is 13.2 Å². The largest absolute Gasteiger partial charge is 0.379 e. The standard InChI is InChI=1S/C12H15Cl2NO/c1-9-11(13)6-10(7-12(9)14)8-15-2-4-16-5-3-15/h6-7H,2-5,8H2,1H3. The molecule has 0 atom stereocenters. The third-order valence-electron chi connectivity index (χ3n) is 2.85. The molecule has 0 N–H and O–H groups in total. The highest BCUT2D eigenvalue weighted by atomic mass is 35.5. The second-order valence-electron chi connectivity index (χ2n) is 4.07. The van der Waals surface area contributed by atoms with Crippen molar-refractivity contribution in [3.05, 3.63) is 33.3 Å². The maximum Gasteiger partial charge on any atom is 0.0594 e. The number of morpholine rings is 1. The molecule has 1 fully saturated rings. The Morgan fingerprint density at radius 2 is 1.75 bits per heavy atom. The van der Waals surface area contributed by atoms with Crippen LogP contribution in [0.5, 0.6) is 0 Å². The first-order chi connectivity index (χ1) is 7.66. The molecule has 1 aliphatic rings. The molecule has 0 aromatic heterocycles. The van der Waals surface area contributed by atoms with Crippen molar-refractivity contribution in [3.63, 3.8) is 0 Å². The molecule has 0 spiro atoms. The van der Waals surface area contributed by atoms with Crippen LogP contribution in [-0.4, -0.2) is 31.2 Å². The lowest BCUT2D eigenvalue weighted by atomic mass is 10.1. The Morgan fingerprint density at radius 3 is 2.31 bits per heavy atom. The van der Waals surface area contributed by atoms with Gasteiger partial charge >= 0.3 is 0 Å². The summed E-state index contributed by atoms with van der Waals surface area (Å²) in [7, 11) is 0. The molecular formula is C12H15Cl2NO. The van der Waals surface area contributed by atoms with E-state index in [1.54, 1.807) is 0 Å². The fourth-order valence-corrected chi connectivity index (χ4v) is 2.34. The van der Waals surface area contributed by atoms with Crippen LogP contribution in [0.2, 0.25) is 10.0 Å². The van der Waals surface area contributed by atoms with Gasteiger partial charge in [-0.1, -0.05) is 23.2 Å². The summed E-state index contributed by atoms with van der Waals surface area (Å²) in [6, 6.07) is 4.00. The van der Waals surface area contributed by atoms with Gasteiger partial charge in [-0.25, -0.2) is 0 Å². The lowest BCUT2D eigenvalue weighted by Crippen LogP contribution is -2.35. The molecule has 1 saturated heterocycles. The molecule has 0 aliphatic carbocycles. The summed E-state index contributed by atoms with van der Waals surface area (Å²) in [6.07, 6.45) is 0. The van der Waals surface area contributed by atoms with Crippen LogP contribution in [0.4, 0.5) is 0 Å². The smallest absolute Gasteiger partial charge is 0.0594 e. The molecule has 1 aliphatic heterocycles. The van der Waals surface area contributed by atoms with Crippen molar-refractivity contribution in [1.82, 2.24) is 4.90 Å². The molecule has 4 heteroatoms. The molecule has 88 valence electrons. The summed E-state index contributed by atoms with van der Waals surface area (Å²) < 4.78 is 5.31. The first-order valence-corrected chi connectivity index (χ1v) is 6.17. The van der Waals surface area contributed by atoms with E-state index >= 15 is 0 Å². The van der Waals surface area contributed by atoms with E-state index in [0.29, 0.717) is 0 Å². The zero-order chi connectivity index (χ0) is 11.5. The Labute approximate surface area is 106 Å². The van der Waals surface area contributed by atoms with Gasteiger partial charge < -0.3 is 4.74 Å². The van der Waals surface area contributed by atoms with Gasteiger partial charge in [-0.2, -0.15) is 0 Å². The maximum absolute atomic E-state index is 6.11. The molecule has 1 aromatic carbocycles. The number of nitrogens with zero attached hydrogens (tertiary/aromatic N) is 1. The molecular weight excluding hydrogens is 245 g/mol. The summed E-state index contributed by atoms with van der Waals surface area (Å²) in [5.74, 6) is 0. The third-order valence-corrected chi connectivity index (χ3v) is 3.64. The van der Waals surface area contributed by atoms with E-state index in [9.17, 15) is 0 Å². The maximum atomic E-state index is 6.11. The molecule has 0 bridgehead atoms. The van der Waals surface area contributed by atoms with Crippen molar-refractivity contribution in [3.8, 4) is 0 Å². The molecule has 0 radical (unpaired) electrons. The van der Waals surface area contributed by atoms with Crippen molar-refractivity contribution in [2.45, 2.75) is 13.5 Å². The number of halogens is 2. The van der Waals surface area contributed by atoms with Gasteiger partial charge in [-0.3, -0.25) is 4.90 Å². The van der Waals surface area contributed by atoms with E-state index in [-0.39, 0.29) is 0 Å². The summed E-state index contributed by atoms with van der Waals surface area (Å²) in [6.45, 7) is 6.40. The molecule has 0 unspecified atom stereocenters. The van der Waals surface area contributed by atoms with E-state index in [2.05, 4.69) is 4.90 Å². The summed E-state index contributed by atoms with van der Waals surface area (Å²) in [5.41, 5.74) is 2.12.